The van der Waals surface area contributed by atoms with Crippen LogP contribution in [0.5, 0.6) is 0 Å². The summed E-state index contributed by atoms with van der Waals surface area (Å²) in [6.07, 6.45) is 2.30. The maximum atomic E-state index is 11.0. The van der Waals surface area contributed by atoms with Gasteiger partial charge in [-0.2, -0.15) is 0 Å². The molecule has 0 aliphatic carbocycles. The summed E-state index contributed by atoms with van der Waals surface area (Å²) in [6, 6.07) is 1.49. The van der Waals surface area contributed by atoms with Crippen molar-refractivity contribution in [1.29, 1.82) is 0 Å². The summed E-state index contributed by atoms with van der Waals surface area (Å²) in [7, 11) is -9.77. The Morgan fingerprint density at radius 2 is 1.71 bits per heavy atom. The topological polar surface area (TPSA) is 128 Å². The highest BCUT2D eigenvalue weighted by atomic mass is 79.9. The van der Waals surface area contributed by atoms with Crippen LogP contribution in [0.4, 0.5) is 0 Å². The molecule has 0 fully saturated rings. The zero-order chi connectivity index (χ0) is 13.3. The Bertz CT molecular complexity index is 475. The Morgan fingerprint density at radius 1 is 1.18 bits per heavy atom. The van der Waals surface area contributed by atoms with Gasteiger partial charge in [-0.05, 0) is 34.0 Å². The molecule has 1 rings (SSSR count). The molecule has 0 aromatic carbocycles. The standard InChI is InChI=1S/C7H10BrNO6P2/c8-6-1-5(3-9-4-6)2-7(16(10,11)12)17(13,14)15/h1,3-4,7H,2H2,(H2,10,11,12)(H2,13,14,15). The van der Waals surface area contributed by atoms with Gasteiger partial charge < -0.3 is 19.6 Å². The van der Waals surface area contributed by atoms with Gasteiger partial charge in [0.25, 0.3) is 0 Å². The monoisotopic (exact) mass is 345 g/mol. The van der Waals surface area contributed by atoms with E-state index < -0.39 is 27.0 Å². The molecule has 0 saturated heterocycles. The van der Waals surface area contributed by atoms with Gasteiger partial charge in [-0.15, -0.1) is 0 Å². The van der Waals surface area contributed by atoms with E-state index in [9.17, 15) is 9.13 Å². The van der Waals surface area contributed by atoms with Crippen LogP contribution in [0.15, 0.2) is 22.9 Å². The van der Waals surface area contributed by atoms with Crippen molar-refractivity contribution in [3.8, 4) is 0 Å². The molecule has 0 aliphatic heterocycles. The third kappa shape index (κ3) is 4.60. The molecule has 10 heteroatoms. The minimum absolute atomic E-state index is 0.330. The van der Waals surface area contributed by atoms with Crippen molar-refractivity contribution in [2.75, 3.05) is 0 Å². The molecule has 0 atom stereocenters. The van der Waals surface area contributed by atoms with Gasteiger partial charge in [0.1, 0.15) is 0 Å². The molecule has 1 aromatic heterocycles. The smallest absolute Gasteiger partial charge is 0.324 e. The average Bonchev–Trinajstić information content (AvgIpc) is 2.10. The van der Waals surface area contributed by atoms with Crippen LogP contribution in [0.1, 0.15) is 5.56 Å². The van der Waals surface area contributed by atoms with Gasteiger partial charge in [0.15, 0.2) is 5.40 Å². The quantitative estimate of drug-likeness (QED) is 0.601. The van der Waals surface area contributed by atoms with Gasteiger partial charge in [-0.3, -0.25) is 14.1 Å². The normalized spacial score (nSPS) is 13.1. The SMILES string of the molecule is O=P(O)(O)C(Cc1cncc(Br)c1)P(=O)(O)O. The summed E-state index contributed by atoms with van der Waals surface area (Å²) in [5, 5.41) is -2.04. The van der Waals surface area contributed by atoms with Crippen LogP contribution in [0, 0.1) is 0 Å². The maximum Gasteiger partial charge on any atom is 0.341 e. The lowest BCUT2D eigenvalue weighted by molar-refractivity contribution is 0.338. The van der Waals surface area contributed by atoms with E-state index in [1.54, 1.807) is 0 Å². The summed E-state index contributed by atoms with van der Waals surface area (Å²) in [5.41, 5.74) is 0.330. The van der Waals surface area contributed by atoms with Crippen molar-refractivity contribution < 1.29 is 28.7 Å². The highest BCUT2D eigenvalue weighted by molar-refractivity contribution is 9.10. The molecule has 0 aliphatic rings. The van der Waals surface area contributed by atoms with Gasteiger partial charge in [-0.25, -0.2) is 0 Å². The lowest BCUT2D eigenvalue weighted by Crippen LogP contribution is -2.12. The number of hydrogen-bond donors (Lipinski definition) is 4. The molecular weight excluding hydrogens is 336 g/mol. The number of aromatic nitrogens is 1. The van der Waals surface area contributed by atoms with Crippen LogP contribution in [-0.2, 0) is 15.6 Å². The molecule has 0 radical (unpaired) electrons. The summed E-state index contributed by atoms with van der Waals surface area (Å²) < 4.78 is 22.6. The lowest BCUT2D eigenvalue weighted by atomic mass is 10.2. The second-order valence-electron chi connectivity index (χ2n) is 3.37. The molecule has 7 nitrogen and oxygen atoms in total. The van der Waals surface area contributed by atoms with Crippen LogP contribution in [-0.4, -0.2) is 30.0 Å². The third-order valence-electron chi connectivity index (χ3n) is 1.96. The van der Waals surface area contributed by atoms with E-state index in [0.717, 1.165) is 0 Å². The Hall–Kier alpha value is -0.0700. The first kappa shape index (κ1) is 15.0. The predicted octanol–water partition coefficient (Wildman–Crippen LogP) is 1.07. The molecule has 1 aromatic rings. The van der Waals surface area contributed by atoms with Crippen LogP contribution in [0.2, 0.25) is 0 Å². The fraction of sp³-hybridized carbons (Fsp3) is 0.286. The Labute approximate surface area is 105 Å². The first-order chi connectivity index (χ1) is 7.60. The fourth-order valence-electron chi connectivity index (χ4n) is 1.21. The highest BCUT2D eigenvalue weighted by Crippen LogP contribution is 2.60. The van der Waals surface area contributed by atoms with Gasteiger partial charge in [-0.1, -0.05) is 0 Å². The van der Waals surface area contributed by atoms with Gasteiger partial charge in [0, 0.05) is 16.9 Å². The first-order valence-electron chi connectivity index (χ1n) is 4.30. The molecule has 96 valence electrons. The highest BCUT2D eigenvalue weighted by Gasteiger charge is 2.43. The van der Waals surface area contributed by atoms with Crippen molar-refractivity contribution in [3.05, 3.63) is 28.5 Å². The third-order valence-corrected chi connectivity index (χ3v) is 6.11. The van der Waals surface area contributed by atoms with Gasteiger partial charge in [0.05, 0.1) is 0 Å². The van der Waals surface area contributed by atoms with Gasteiger partial charge >= 0.3 is 15.2 Å². The summed E-state index contributed by atoms with van der Waals surface area (Å²) in [5.74, 6) is 0. The first-order valence-corrected chi connectivity index (χ1v) is 8.46. The van der Waals surface area contributed by atoms with Crippen LogP contribution in [0.3, 0.4) is 0 Å². The van der Waals surface area contributed by atoms with Crippen molar-refractivity contribution in [2.24, 2.45) is 0 Å². The molecule has 0 unspecified atom stereocenters. The van der Waals surface area contributed by atoms with Crippen molar-refractivity contribution >= 4 is 31.1 Å². The molecule has 0 spiro atoms. The minimum atomic E-state index is -4.88. The number of nitrogens with zero attached hydrogens (tertiary/aromatic N) is 1. The zero-order valence-electron chi connectivity index (χ0n) is 8.34. The van der Waals surface area contributed by atoms with Crippen LogP contribution >= 0.6 is 31.1 Å². The van der Waals surface area contributed by atoms with Gasteiger partial charge in [0.2, 0.25) is 0 Å². The summed E-state index contributed by atoms with van der Waals surface area (Å²) >= 11 is 3.10. The lowest BCUT2D eigenvalue weighted by Gasteiger charge is -2.19. The molecular formula is C7H10BrNO6P2. The Kier molecular flexibility index (Phi) is 4.66. The van der Waals surface area contributed by atoms with E-state index in [1.165, 1.54) is 18.5 Å². The molecule has 0 bridgehead atoms. The number of rotatable bonds is 4. The molecule has 4 N–H and O–H groups in total. The predicted molar refractivity (Wildman–Crippen MR) is 63.5 cm³/mol. The second-order valence-corrected chi connectivity index (χ2v) is 8.30. The van der Waals surface area contributed by atoms with E-state index in [1.807, 2.05) is 0 Å². The number of hydrogen-bond acceptors (Lipinski definition) is 3. The average molecular weight is 346 g/mol. The van der Waals surface area contributed by atoms with E-state index >= 15 is 0 Å². The van der Waals surface area contributed by atoms with Crippen LogP contribution in [0.25, 0.3) is 0 Å². The van der Waals surface area contributed by atoms with Crippen molar-refractivity contribution in [2.45, 2.75) is 11.8 Å². The summed E-state index contributed by atoms with van der Waals surface area (Å²) in [6.45, 7) is 0. The summed E-state index contributed by atoms with van der Waals surface area (Å²) in [4.78, 5) is 39.5. The number of halogens is 1. The molecule has 0 saturated carbocycles. The molecule has 1 heterocycles. The molecule has 17 heavy (non-hydrogen) atoms. The fourth-order valence-corrected chi connectivity index (χ4v) is 4.09. The van der Waals surface area contributed by atoms with E-state index in [0.29, 0.717) is 10.0 Å². The Morgan fingerprint density at radius 3 is 2.12 bits per heavy atom. The van der Waals surface area contributed by atoms with E-state index in [2.05, 4.69) is 20.9 Å². The minimum Gasteiger partial charge on any atom is -0.324 e. The van der Waals surface area contributed by atoms with Crippen molar-refractivity contribution in [3.63, 3.8) is 0 Å². The number of pyridine rings is 1. The second kappa shape index (κ2) is 5.28. The van der Waals surface area contributed by atoms with Crippen molar-refractivity contribution in [1.82, 2.24) is 4.98 Å². The van der Waals surface area contributed by atoms with Crippen LogP contribution < -0.4 is 0 Å². The Balaban J connectivity index is 3.04. The maximum absolute atomic E-state index is 11.0. The largest absolute Gasteiger partial charge is 0.341 e. The van der Waals surface area contributed by atoms with E-state index in [-0.39, 0.29) is 0 Å². The molecule has 0 amide bonds. The zero-order valence-corrected chi connectivity index (χ0v) is 11.7. The van der Waals surface area contributed by atoms with E-state index in [4.69, 9.17) is 19.6 Å².